The first-order valence-corrected chi connectivity index (χ1v) is 26.0. The molecular weight excluding hydrogens is 1060 g/mol. The molecule has 2 atom stereocenters. The molecule has 18 heteroatoms. The number of anilines is 2. The number of carbonyl (C=O) groups is 2. The van der Waals surface area contributed by atoms with Gasteiger partial charge in [0.25, 0.3) is 11.1 Å². The van der Waals surface area contributed by atoms with Crippen molar-refractivity contribution in [3.8, 4) is 22.3 Å². The summed E-state index contributed by atoms with van der Waals surface area (Å²) in [6.07, 6.45) is -7.25. The Kier molecular flexibility index (Phi) is 15.0. The Labute approximate surface area is 453 Å². The first kappa shape index (κ1) is 53.8. The second-order valence-corrected chi connectivity index (χ2v) is 20.3. The second kappa shape index (κ2) is 21.7. The highest BCUT2D eigenvalue weighted by molar-refractivity contribution is 6.32. The summed E-state index contributed by atoms with van der Waals surface area (Å²) in [5.74, 6) is -1.03. The molecule has 0 saturated heterocycles. The molecule has 0 fully saturated rings. The summed E-state index contributed by atoms with van der Waals surface area (Å²) in [5.41, 5.74) is -0.275. The number of aromatic nitrogens is 2. The fourth-order valence-electron chi connectivity index (χ4n) is 11.2. The summed E-state index contributed by atoms with van der Waals surface area (Å²) in [7, 11) is 2.37. The summed E-state index contributed by atoms with van der Waals surface area (Å²) in [5, 5.41) is 3.05. The lowest BCUT2D eigenvalue weighted by Gasteiger charge is -2.25. The van der Waals surface area contributed by atoms with Crippen molar-refractivity contribution in [2.45, 2.75) is 63.0 Å². The number of methoxy groups -OCH3 is 2. The average molecular weight is 1110 g/mol. The minimum atomic E-state index is -4.71. The first-order valence-electron chi connectivity index (χ1n) is 25.3. The van der Waals surface area contributed by atoms with E-state index in [9.17, 15) is 45.5 Å². The van der Waals surface area contributed by atoms with Crippen molar-refractivity contribution in [2.24, 2.45) is 0 Å². The summed E-state index contributed by atoms with van der Waals surface area (Å²) in [6, 6.07) is 33.7. The van der Waals surface area contributed by atoms with Gasteiger partial charge in [-0.3, -0.25) is 18.7 Å². The molecule has 10 nitrogen and oxygen atoms in total. The highest BCUT2D eigenvalue weighted by Crippen LogP contribution is 2.47. The number of nitrogens with zero attached hydrogens (tertiary/aromatic N) is 4. The molecule has 0 radical (unpaired) electrons. The third-order valence-electron chi connectivity index (χ3n) is 14.9. The minimum absolute atomic E-state index is 0.0435. The number of fused-ring (bicyclic) bond motifs is 4. The van der Waals surface area contributed by atoms with E-state index in [-0.39, 0.29) is 83.0 Å². The number of carbonyl (C=O) groups excluding carboxylic acids is 2. The van der Waals surface area contributed by atoms with Gasteiger partial charge in [0.05, 0.1) is 38.4 Å². The van der Waals surface area contributed by atoms with E-state index in [1.54, 1.807) is 0 Å². The second-order valence-electron chi connectivity index (χ2n) is 19.5. The summed E-state index contributed by atoms with van der Waals surface area (Å²) < 4.78 is 99.3. The van der Waals surface area contributed by atoms with Crippen molar-refractivity contribution in [3.63, 3.8) is 0 Å². The van der Waals surface area contributed by atoms with Gasteiger partial charge < -0.3 is 19.3 Å². The van der Waals surface area contributed by atoms with E-state index in [0.717, 1.165) is 56.9 Å². The summed E-state index contributed by atoms with van der Waals surface area (Å²) >= 11 is 14.1. The van der Waals surface area contributed by atoms with Gasteiger partial charge in [0, 0.05) is 37.1 Å². The number of halogens is 8. The molecule has 0 bridgehead atoms. The number of hydrogen-bond acceptors (Lipinski definition) is 8. The van der Waals surface area contributed by atoms with Crippen LogP contribution in [0.1, 0.15) is 71.1 Å². The van der Waals surface area contributed by atoms with Gasteiger partial charge in [-0.05, 0) is 92.0 Å². The zero-order valence-corrected chi connectivity index (χ0v) is 43.7. The number of rotatable bonds is 15. The van der Waals surface area contributed by atoms with Gasteiger partial charge in [0.2, 0.25) is 0 Å². The maximum atomic E-state index is 14.5. The average Bonchev–Trinajstić information content (AvgIpc) is 4.15. The van der Waals surface area contributed by atoms with Crippen molar-refractivity contribution in [2.75, 3.05) is 50.2 Å². The van der Waals surface area contributed by atoms with Gasteiger partial charge in [-0.2, -0.15) is 26.3 Å². The number of ether oxygens (including phenoxy) is 2. The molecule has 2 aromatic heterocycles. The molecular formula is C60H50Cl2F6N4O6. The van der Waals surface area contributed by atoms with Crippen molar-refractivity contribution >= 4 is 68.3 Å². The van der Waals surface area contributed by atoms with Crippen LogP contribution in [0.15, 0.2) is 143 Å². The van der Waals surface area contributed by atoms with E-state index in [2.05, 4.69) is 0 Å². The van der Waals surface area contributed by atoms with E-state index in [1.165, 1.54) is 47.6 Å². The molecule has 0 spiro atoms. The molecule has 402 valence electrons. The van der Waals surface area contributed by atoms with Crippen LogP contribution in [-0.4, -0.2) is 61.5 Å². The number of esters is 2. The predicted octanol–water partition coefficient (Wildman–Crippen LogP) is 13.5. The standard InChI is InChI=1S/C60H50Cl2F6N4O6/c1-77-57(75)47-33-69(53-49(39-21-13-23-41(29-39)59(63,64)65)45(51(61)55(73)71(47)53)31-37-19-11-17-35-15-5-7-25-43(35)37)27-9-3-4-10-28-70-34-48(58(76)78-2)72-54(70)50(40-22-14-24-42(30-40)60(66,67)68)46(52(62)56(72)74)32-38-20-12-18-36-16-6-8-26-44(36)38/h5-8,11-26,29-30,47-48H,3-4,9-10,27-28,31-34H2,1-2H3. The van der Waals surface area contributed by atoms with Crippen LogP contribution in [0.4, 0.5) is 38.0 Å². The summed E-state index contributed by atoms with van der Waals surface area (Å²) in [4.78, 5) is 59.7. The van der Waals surface area contributed by atoms with Crippen LogP contribution in [0.2, 0.25) is 10.0 Å². The van der Waals surface area contributed by atoms with Crippen LogP contribution in [0.3, 0.4) is 0 Å². The monoisotopic (exact) mass is 1110 g/mol. The normalized spacial score (nSPS) is 15.3. The topological polar surface area (TPSA) is 103 Å². The van der Waals surface area contributed by atoms with Crippen molar-refractivity contribution in [3.05, 3.63) is 198 Å². The largest absolute Gasteiger partial charge is 0.467 e. The smallest absolute Gasteiger partial charge is 0.416 e. The van der Waals surface area contributed by atoms with Gasteiger partial charge in [0.15, 0.2) is 12.1 Å². The van der Waals surface area contributed by atoms with Crippen molar-refractivity contribution < 1.29 is 45.4 Å². The molecule has 4 heterocycles. The molecule has 10 rings (SSSR count). The zero-order valence-electron chi connectivity index (χ0n) is 42.2. The Morgan fingerprint density at radius 3 is 1.28 bits per heavy atom. The molecule has 2 aliphatic rings. The van der Waals surface area contributed by atoms with Crippen molar-refractivity contribution in [1.82, 2.24) is 9.13 Å². The molecule has 0 amide bonds. The fourth-order valence-corrected chi connectivity index (χ4v) is 11.8. The fraction of sp³-hybridized carbons (Fsp3) is 0.267. The van der Waals surface area contributed by atoms with Crippen LogP contribution in [-0.2, 0) is 44.3 Å². The van der Waals surface area contributed by atoms with Crippen LogP contribution < -0.4 is 20.9 Å². The Morgan fingerprint density at radius 1 is 0.526 bits per heavy atom. The number of unbranched alkanes of at least 4 members (excludes halogenated alkanes) is 3. The molecule has 2 unspecified atom stereocenters. The van der Waals surface area contributed by atoms with Crippen molar-refractivity contribution in [1.29, 1.82) is 0 Å². The number of benzene rings is 6. The SMILES string of the molecule is COC(=O)C1CN(CCCCCCN2CC(C(=O)OC)n3c2c(-c2cccc(C(F)(F)F)c2)c(Cc2cccc4ccccc24)c(Cl)c3=O)c2c(-c3cccc(C(F)(F)F)c3)c(Cc3cccc4ccccc34)c(Cl)c(=O)n21. The first-order chi connectivity index (χ1) is 37.4. The van der Waals surface area contributed by atoms with Gasteiger partial charge in [-0.1, -0.05) is 145 Å². The maximum absolute atomic E-state index is 14.5. The molecule has 6 aromatic carbocycles. The van der Waals surface area contributed by atoms with E-state index >= 15 is 0 Å². The summed E-state index contributed by atoms with van der Waals surface area (Å²) in [6.45, 7) is 0.406. The molecule has 8 aromatic rings. The Hall–Kier alpha value is -7.56. The third kappa shape index (κ3) is 10.1. The van der Waals surface area contributed by atoms with E-state index in [1.807, 2.05) is 94.7 Å². The van der Waals surface area contributed by atoms with Crippen LogP contribution >= 0.6 is 23.2 Å². The number of pyridine rings is 2. The zero-order chi connectivity index (χ0) is 55.2. The molecule has 78 heavy (non-hydrogen) atoms. The Balaban J connectivity index is 0.984. The lowest BCUT2D eigenvalue weighted by atomic mass is 9.92. The third-order valence-corrected chi connectivity index (χ3v) is 15.6. The molecule has 0 saturated carbocycles. The molecule has 0 N–H and O–H groups in total. The number of alkyl halides is 6. The van der Waals surface area contributed by atoms with Gasteiger partial charge in [0.1, 0.15) is 21.7 Å². The highest BCUT2D eigenvalue weighted by atomic mass is 35.5. The lowest BCUT2D eigenvalue weighted by molar-refractivity contribution is -0.144. The minimum Gasteiger partial charge on any atom is -0.467 e. The predicted molar refractivity (Wildman–Crippen MR) is 291 cm³/mol. The quantitative estimate of drug-likeness (QED) is 0.0568. The van der Waals surface area contributed by atoms with Crippen LogP contribution in [0, 0.1) is 0 Å². The van der Waals surface area contributed by atoms with E-state index < -0.39 is 58.6 Å². The van der Waals surface area contributed by atoms with Gasteiger partial charge >= 0.3 is 24.3 Å². The molecule has 2 aliphatic heterocycles. The van der Waals surface area contributed by atoms with E-state index in [4.69, 9.17) is 32.7 Å². The van der Waals surface area contributed by atoms with Crippen LogP contribution in [0.25, 0.3) is 43.8 Å². The maximum Gasteiger partial charge on any atom is 0.416 e. The number of hydrogen-bond donors (Lipinski definition) is 0. The van der Waals surface area contributed by atoms with Gasteiger partial charge in [-0.25, -0.2) is 9.59 Å². The molecule has 0 aliphatic carbocycles. The van der Waals surface area contributed by atoms with E-state index in [0.29, 0.717) is 36.8 Å². The lowest BCUT2D eigenvalue weighted by Crippen LogP contribution is -2.30. The Bertz CT molecular complexity index is 3530. The van der Waals surface area contributed by atoms with Gasteiger partial charge in [-0.15, -0.1) is 0 Å². The van der Waals surface area contributed by atoms with Crippen LogP contribution in [0.5, 0.6) is 0 Å². The highest BCUT2D eigenvalue weighted by Gasteiger charge is 2.42. The Morgan fingerprint density at radius 2 is 0.897 bits per heavy atom.